The van der Waals surface area contributed by atoms with Crippen molar-refractivity contribution in [2.24, 2.45) is 0 Å². The molecule has 0 atom stereocenters. The number of furan rings is 1. The van der Waals surface area contributed by atoms with Gasteiger partial charge in [-0.25, -0.2) is 4.13 Å². The van der Waals surface area contributed by atoms with Crippen LogP contribution in [0.4, 0.5) is 0 Å². The van der Waals surface area contributed by atoms with E-state index in [0.29, 0.717) is 0 Å². The molecule has 2 aromatic rings. The quantitative estimate of drug-likeness (QED) is 0.613. The molecule has 5 nitrogen and oxygen atoms in total. The molecule has 1 aromatic heterocycles. The molecule has 0 unspecified atom stereocenters. The fraction of sp³-hybridized carbons (Fsp3) is 0.167. The Balaban J connectivity index is 0.000000149. The van der Waals surface area contributed by atoms with E-state index >= 15 is 0 Å². The van der Waals surface area contributed by atoms with Gasteiger partial charge in [0.15, 0.2) is 0 Å². The van der Waals surface area contributed by atoms with Gasteiger partial charge >= 0.3 is 0 Å². The first kappa shape index (κ1) is 15.5. The maximum atomic E-state index is 10.5. The molecule has 0 aliphatic carbocycles. The fourth-order valence-electron chi connectivity index (χ4n) is 1.40. The Morgan fingerprint density at radius 2 is 1.95 bits per heavy atom. The Morgan fingerprint density at radius 3 is 2.55 bits per heavy atom. The number of rotatable bonds is 1. The summed E-state index contributed by atoms with van der Waals surface area (Å²) in [6.45, 7) is 1.84. The van der Waals surface area contributed by atoms with Crippen LogP contribution < -0.4 is 4.13 Å². The van der Waals surface area contributed by atoms with Crippen LogP contribution in [0.25, 0.3) is 0 Å². The summed E-state index contributed by atoms with van der Waals surface area (Å²) in [6.07, 6.45) is 3.57. The van der Waals surface area contributed by atoms with E-state index in [2.05, 4.69) is 4.13 Å². The molecular formula is C12H13NO4S3. The fourth-order valence-corrected chi connectivity index (χ4v) is 3.53. The van der Waals surface area contributed by atoms with E-state index in [1.54, 1.807) is 48.6 Å². The molecule has 1 aliphatic rings. The summed E-state index contributed by atoms with van der Waals surface area (Å²) in [4.78, 5) is 1.15. The zero-order valence-corrected chi connectivity index (χ0v) is 13.0. The van der Waals surface area contributed by atoms with Crippen LogP contribution in [-0.2, 0) is 15.9 Å². The number of fused-ring (bicyclic) bond motifs is 1. The molecule has 0 saturated heterocycles. The number of hydrogen-bond donors (Lipinski definition) is 2. The van der Waals surface area contributed by atoms with Gasteiger partial charge < -0.3 is 4.42 Å². The first-order valence-electron chi connectivity index (χ1n) is 5.59. The molecule has 0 saturated carbocycles. The normalized spacial score (nSPS) is 14.1. The summed E-state index contributed by atoms with van der Waals surface area (Å²) in [7, 11) is -4.02. The van der Waals surface area contributed by atoms with Gasteiger partial charge in [0, 0.05) is 11.3 Å². The summed E-state index contributed by atoms with van der Waals surface area (Å²) in [5, 5.41) is 0. The third kappa shape index (κ3) is 4.29. The zero-order valence-electron chi connectivity index (χ0n) is 10.6. The number of aryl methyl sites for hydroxylation is 1. The van der Waals surface area contributed by atoms with E-state index in [1.807, 2.05) is 6.92 Å². The van der Waals surface area contributed by atoms with E-state index in [-0.39, 0.29) is 4.90 Å². The van der Waals surface area contributed by atoms with Gasteiger partial charge in [-0.05, 0) is 31.0 Å². The van der Waals surface area contributed by atoms with Crippen molar-refractivity contribution in [1.82, 2.24) is 4.13 Å². The van der Waals surface area contributed by atoms with Gasteiger partial charge in [-0.2, -0.15) is 8.42 Å². The van der Waals surface area contributed by atoms with Crippen molar-refractivity contribution in [3.8, 4) is 0 Å². The highest BCUT2D eigenvalue weighted by Gasteiger charge is 2.10. The van der Waals surface area contributed by atoms with E-state index in [4.69, 9.17) is 8.97 Å². The topological polar surface area (TPSA) is 79.5 Å². The molecular weight excluding hydrogens is 318 g/mol. The Bertz CT molecular complexity index is 644. The lowest BCUT2D eigenvalue weighted by molar-refractivity contribution is 0.483. The van der Waals surface area contributed by atoms with Gasteiger partial charge in [-0.15, -0.1) is 0 Å². The second-order valence-corrected chi connectivity index (χ2v) is 7.33. The average Bonchev–Trinajstić information content (AvgIpc) is 2.87. The summed E-state index contributed by atoms with van der Waals surface area (Å²) in [5.74, 6) is 1.01. The van der Waals surface area contributed by atoms with Crippen LogP contribution in [0.1, 0.15) is 11.1 Å². The summed E-state index contributed by atoms with van der Waals surface area (Å²) >= 11 is 3.31. The standard InChI is InChI=1S/C7H8O3S.C5H5NOS2/c1-6-2-4-7(5-3-6)11(8,9)10;1-4-3-8-6-9-5(4)2-7-1/h2-5H,1H3,(H,8,9,10);1-2,6H,3H2. The highest BCUT2D eigenvalue weighted by atomic mass is 32.2. The monoisotopic (exact) mass is 331 g/mol. The van der Waals surface area contributed by atoms with E-state index in [0.717, 1.165) is 11.3 Å². The Labute approximate surface area is 126 Å². The predicted molar refractivity (Wildman–Crippen MR) is 80.0 cm³/mol. The Kier molecular flexibility index (Phi) is 5.17. The van der Waals surface area contributed by atoms with Crippen molar-refractivity contribution >= 4 is 34.0 Å². The zero-order chi connectivity index (χ0) is 14.6. The Hall–Kier alpha value is -0.930. The molecule has 0 fully saturated rings. The van der Waals surface area contributed by atoms with Crippen molar-refractivity contribution in [1.29, 1.82) is 0 Å². The summed E-state index contributed by atoms with van der Waals surface area (Å²) < 4.78 is 37.6. The van der Waals surface area contributed by atoms with Crippen LogP contribution in [0.15, 0.2) is 51.0 Å². The minimum atomic E-state index is -4.02. The maximum Gasteiger partial charge on any atom is 0.294 e. The molecule has 8 heteroatoms. The van der Waals surface area contributed by atoms with Crippen molar-refractivity contribution in [2.45, 2.75) is 22.5 Å². The molecule has 1 aliphatic heterocycles. The van der Waals surface area contributed by atoms with Crippen LogP contribution in [0, 0.1) is 6.92 Å². The van der Waals surface area contributed by atoms with Gasteiger partial charge in [-0.1, -0.05) is 29.6 Å². The van der Waals surface area contributed by atoms with Crippen LogP contribution in [0.3, 0.4) is 0 Å². The van der Waals surface area contributed by atoms with Gasteiger partial charge in [0.05, 0.1) is 16.1 Å². The van der Waals surface area contributed by atoms with Crippen LogP contribution in [0.5, 0.6) is 0 Å². The number of nitrogens with one attached hydrogen (secondary N) is 1. The minimum Gasteiger partial charge on any atom is -0.471 e. The molecule has 0 spiro atoms. The molecule has 1 aromatic carbocycles. The molecule has 20 heavy (non-hydrogen) atoms. The van der Waals surface area contributed by atoms with E-state index in [1.165, 1.54) is 22.6 Å². The largest absolute Gasteiger partial charge is 0.471 e. The van der Waals surface area contributed by atoms with E-state index in [9.17, 15) is 8.42 Å². The summed E-state index contributed by atoms with van der Waals surface area (Å²) in [5.41, 5.74) is 2.25. The summed E-state index contributed by atoms with van der Waals surface area (Å²) in [6, 6.07) is 5.99. The highest BCUT2D eigenvalue weighted by molar-refractivity contribution is 8.13. The van der Waals surface area contributed by atoms with Gasteiger partial charge in [0.2, 0.25) is 0 Å². The van der Waals surface area contributed by atoms with Gasteiger partial charge in [-0.3, -0.25) is 4.55 Å². The lowest BCUT2D eigenvalue weighted by Crippen LogP contribution is -1.97. The second-order valence-electron chi connectivity index (χ2n) is 4.02. The van der Waals surface area contributed by atoms with Crippen molar-refractivity contribution in [3.63, 3.8) is 0 Å². The number of hydrogen-bond acceptors (Lipinski definition) is 6. The average molecular weight is 331 g/mol. The van der Waals surface area contributed by atoms with Crippen LogP contribution in [-0.4, -0.2) is 13.0 Å². The lowest BCUT2D eigenvalue weighted by atomic mass is 10.2. The molecule has 0 radical (unpaired) electrons. The third-order valence-electron chi connectivity index (χ3n) is 2.46. The molecule has 0 bridgehead atoms. The van der Waals surface area contributed by atoms with E-state index < -0.39 is 10.1 Å². The number of benzene rings is 1. The second kappa shape index (κ2) is 6.68. The smallest absolute Gasteiger partial charge is 0.294 e. The molecule has 3 rings (SSSR count). The lowest BCUT2D eigenvalue weighted by Gasteiger charge is -2.07. The van der Waals surface area contributed by atoms with Gasteiger partial charge in [0.1, 0.15) is 6.26 Å². The first-order valence-corrected chi connectivity index (χ1v) is 8.84. The van der Waals surface area contributed by atoms with Crippen LogP contribution in [0.2, 0.25) is 0 Å². The third-order valence-corrected chi connectivity index (χ3v) is 5.17. The minimum absolute atomic E-state index is 0.0666. The van der Waals surface area contributed by atoms with Crippen molar-refractivity contribution < 1.29 is 17.4 Å². The predicted octanol–water partition coefficient (Wildman–Crippen LogP) is 3.28. The first-order chi connectivity index (χ1) is 9.47. The Morgan fingerprint density at radius 1 is 1.25 bits per heavy atom. The molecule has 2 heterocycles. The van der Waals surface area contributed by atoms with Gasteiger partial charge in [0.25, 0.3) is 10.1 Å². The van der Waals surface area contributed by atoms with Crippen molar-refractivity contribution in [3.05, 3.63) is 47.9 Å². The molecule has 2 N–H and O–H groups in total. The molecule has 108 valence electrons. The van der Waals surface area contributed by atoms with Crippen LogP contribution >= 0.6 is 23.9 Å². The molecule has 0 amide bonds. The highest BCUT2D eigenvalue weighted by Crippen LogP contribution is 2.31. The maximum absolute atomic E-state index is 10.5. The SMILES string of the molecule is Cc1ccc(S(=O)(=O)O)cc1.c1occ2c1CSNS2. The van der Waals surface area contributed by atoms with Crippen molar-refractivity contribution in [2.75, 3.05) is 0 Å².